The summed E-state index contributed by atoms with van der Waals surface area (Å²) in [6.45, 7) is 4.89. The summed E-state index contributed by atoms with van der Waals surface area (Å²) in [7, 11) is 1.61. The molecule has 0 radical (unpaired) electrons. The molecule has 138 valence electrons. The Bertz CT molecular complexity index is 458. The summed E-state index contributed by atoms with van der Waals surface area (Å²) in [4.78, 5) is 16.7. The molecule has 0 aliphatic carbocycles. The van der Waals surface area contributed by atoms with Gasteiger partial charge in [0, 0.05) is 46.4 Å². The Balaban J connectivity index is 0.00000264. The van der Waals surface area contributed by atoms with Crippen molar-refractivity contribution in [3.63, 3.8) is 0 Å². The molecule has 24 heavy (non-hydrogen) atoms. The quantitative estimate of drug-likeness (QED) is 0.822. The molecule has 0 aromatic heterocycles. The standard InChI is InChI=1S/C17H27N3O2.2ClH/c1-22-16(13-18)12-17(21)20-9-5-8-19(10-11-20)14-15-6-3-2-4-7-15;;/h2-4,6-7,16H,5,8-14,18H2,1H3;2*1H. The Kier molecular flexibility index (Phi) is 12.1. The second-order valence-electron chi connectivity index (χ2n) is 5.79. The van der Waals surface area contributed by atoms with Crippen LogP contribution in [0.5, 0.6) is 0 Å². The SMILES string of the molecule is COC(CN)CC(=O)N1CCCN(Cc2ccccc2)CC1.Cl.Cl. The molecular formula is C17H29Cl2N3O2. The molecule has 7 heteroatoms. The van der Waals surface area contributed by atoms with Crippen LogP contribution in [-0.4, -0.2) is 61.6 Å². The molecule has 1 unspecified atom stereocenters. The summed E-state index contributed by atoms with van der Waals surface area (Å²) in [5.74, 6) is 0.152. The van der Waals surface area contributed by atoms with Gasteiger partial charge in [-0.1, -0.05) is 30.3 Å². The van der Waals surface area contributed by atoms with Crippen molar-refractivity contribution in [1.82, 2.24) is 9.80 Å². The highest BCUT2D eigenvalue weighted by Crippen LogP contribution is 2.10. The molecule has 1 saturated heterocycles. The van der Waals surface area contributed by atoms with Gasteiger partial charge in [-0.15, -0.1) is 24.8 Å². The summed E-state index contributed by atoms with van der Waals surface area (Å²) in [5.41, 5.74) is 6.92. The van der Waals surface area contributed by atoms with Gasteiger partial charge in [-0.05, 0) is 12.0 Å². The zero-order valence-electron chi connectivity index (χ0n) is 14.2. The number of ether oxygens (including phenoxy) is 1. The third-order valence-corrected chi connectivity index (χ3v) is 4.19. The Morgan fingerprint density at radius 1 is 1.17 bits per heavy atom. The minimum absolute atomic E-state index is 0. The van der Waals surface area contributed by atoms with Crippen molar-refractivity contribution in [3.8, 4) is 0 Å². The van der Waals surface area contributed by atoms with Crippen LogP contribution >= 0.6 is 24.8 Å². The maximum atomic E-state index is 12.3. The molecule has 1 fully saturated rings. The second-order valence-corrected chi connectivity index (χ2v) is 5.79. The fourth-order valence-corrected chi connectivity index (χ4v) is 2.81. The first kappa shape index (κ1) is 23.1. The van der Waals surface area contributed by atoms with Crippen LogP contribution < -0.4 is 5.73 Å². The van der Waals surface area contributed by atoms with Crippen LogP contribution in [0.25, 0.3) is 0 Å². The van der Waals surface area contributed by atoms with Crippen molar-refractivity contribution < 1.29 is 9.53 Å². The van der Waals surface area contributed by atoms with Gasteiger partial charge in [0.1, 0.15) is 0 Å². The molecule has 5 nitrogen and oxygen atoms in total. The second kappa shape index (κ2) is 12.5. The fraction of sp³-hybridized carbons (Fsp3) is 0.588. The molecule has 2 N–H and O–H groups in total. The number of carbonyl (C=O) groups excluding carboxylic acids is 1. The van der Waals surface area contributed by atoms with Crippen molar-refractivity contribution in [3.05, 3.63) is 35.9 Å². The summed E-state index contributed by atoms with van der Waals surface area (Å²) in [6, 6.07) is 10.5. The predicted molar refractivity (Wildman–Crippen MR) is 102 cm³/mol. The van der Waals surface area contributed by atoms with E-state index < -0.39 is 0 Å². The van der Waals surface area contributed by atoms with E-state index in [1.54, 1.807) is 7.11 Å². The lowest BCUT2D eigenvalue weighted by Crippen LogP contribution is -2.38. The first-order valence-corrected chi connectivity index (χ1v) is 8.00. The number of amides is 1. The number of rotatable bonds is 6. The van der Waals surface area contributed by atoms with Gasteiger partial charge in [0.2, 0.25) is 5.91 Å². The summed E-state index contributed by atoms with van der Waals surface area (Å²) in [5, 5.41) is 0. The topological polar surface area (TPSA) is 58.8 Å². The van der Waals surface area contributed by atoms with Crippen molar-refractivity contribution in [2.75, 3.05) is 39.8 Å². The average Bonchev–Trinajstić information content (AvgIpc) is 2.79. The number of hydrogen-bond donors (Lipinski definition) is 1. The maximum Gasteiger partial charge on any atom is 0.225 e. The van der Waals surface area contributed by atoms with Crippen LogP contribution in [0.2, 0.25) is 0 Å². The normalized spacial score (nSPS) is 16.5. The molecule has 1 amide bonds. The molecule has 0 bridgehead atoms. The highest BCUT2D eigenvalue weighted by Gasteiger charge is 2.21. The molecule has 1 heterocycles. The number of nitrogens with zero attached hydrogens (tertiary/aromatic N) is 2. The third kappa shape index (κ3) is 7.36. The van der Waals surface area contributed by atoms with E-state index in [1.807, 2.05) is 11.0 Å². The lowest BCUT2D eigenvalue weighted by molar-refractivity contribution is -0.133. The van der Waals surface area contributed by atoms with E-state index >= 15 is 0 Å². The smallest absolute Gasteiger partial charge is 0.225 e. The third-order valence-electron chi connectivity index (χ3n) is 4.19. The van der Waals surface area contributed by atoms with Crippen molar-refractivity contribution in [2.45, 2.75) is 25.5 Å². The molecule has 1 aromatic carbocycles. The summed E-state index contributed by atoms with van der Waals surface area (Å²) < 4.78 is 5.21. The van der Waals surface area contributed by atoms with Gasteiger partial charge >= 0.3 is 0 Å². The van der Waals surface area contributed by atoms with Gasteiger partial charge in [-0.25, -0.2) is 0 Å². The van der Waals surface area contributed by atoms with Crippen molar-refractivity contribution >= 4 is 30.7 Å². The first-order chi connectivity index (χ1) is 10.7. The van der Waals surface area contributed by atoms with Gasteiger partial charge < -0.3 is 15.4 Å². The Morgan fingerprint density at radius 3 is 2.50 bits per heavy atom. The molecule has 2 rings (SSSR count). The van der Waals surface area contributed by atoms with E-state index in [4.69, 9.17) is 10.5 Å². The van der Waals surface area contributed by atoms with E-state index in [0.29, 0.717) is 13.0 Å². The Labute approximate surface area is 157 Å². The van der Waals surface area contributed by atoms with Crippen LogP contribution in [0.3, 0.4) is 0 Å². The minimum Gasteiger partial charge on any atom is -0.380 e. The number of nitrogens with two attached hydrogens (primary N) is 1. The largest absolute Gasteiger partial charge is 0.380 e. The molecule has 1 atom stereocenters. The molecule has 1 aromatic rings. The highest BCUT2D eigenvalue weighted by atomic mass is 35.5. The number of benzene rings is 1. The number of carbonyl (C=O) groups is 1. The summed E-state index contributed by atoms with van der Waals surface area (Å²) >= 11 is 0. The Morgan fingerprint density at radius 2 is 1.88 bits per heavy atom. The van der Waals surface area contributed by atoms with E-state index in [0.717, 1.165) is 39.1 Å². The summed E-state index contributed by atoms with van der Waals surface area (Å²) in [6.07, 6.45) is 1.22. The van der Waals surface area contributed by atoms with Crippen LogP contribution in [0, 0.1) is 0 Å². The van der Waals surface area contributed by atoms with Gasteiger partial charge in [-0.3, -0.25) is 9.69 Å². The first-order valence-electron chi connectivity index (χ1n) is 8.00. The molecule has 1 aliphatic heterocycles. The van der Waals surface area contributed by atoms with E-state index in [1.165, 1.54) is 5.56 Å². The lowest BCUT2D eigenvalue weighted by Gasteiger charge is -2.23. The number of hydrogen-bond acceptors (Lipinski definition) is 4. The highest BCUT2D eigenvalue weighted by molar-refractivity contribution is 5.85. The maximum absolute atomic E-state index is 12.3. The van der Waals surface area contributed by atoms with Crippen LogP contribution in [0.15, 0.2) is 30.3 Å². The Hall–Kier alpha value is -0.850. The van der Waals surface area contributed by atoms with Gasteiger partial charge in [0.25, 0.3) is 0 Å². The molecular weight excluding hydrogens is 349 g/mol. The van der Waals surface area contributed by atoms with Crippen LogP contribution in [0.4, 0.5) is 0 Å². The molecule has 0 spiro atoms. The zero-order valence-corrected chi connectivity index (χ0v) is 15.9. The van der Waals surface area contributed by atoms with Gasteiger partial charge in [0.05, 0.1) is 12.5 Å². The van der Waals surface area contributed by atoms with Gasteiger partial charge in [-0.2, -0.15) is 0 Å². The average molecular weight is 378 g/mol. The minimum atomic E-state index is -0.170. The molecule has 0 saturated carbocycles. The number of halogens is 2. The predicted octanol–water partition coefficient (Wildman–Crippen LogP) is 1.93. The monoisotopic (exact) mass is 377 g/mol. The van der Waals surface area contributed by atoms with Crippen LogP contribution in [0.1, 0.15) is 18.4 Å². The van der Waals surface area contributed by atoms with E-state index in [2.05, 4.69) is 29.2 Å². The van der Waals surface area contributed by atoms with E-state index in [-0.39, 0.29) is 36.8 Å². The lowest BCUT2D eigenvalue weighted by atomic mass is 10.2. The van der Waals surface area contributed by atoms with E-state index in [9.17, 15) is 4.79 Å². The zero-order chi connectivity index (χ0) is 15.8. The molecule has 1 aliphatic rings. The fourth-order valence-electron chi connectivity index (χ4n) is 2.81. The van der Waals surface area contributed by atoms with Crippen LogP contribution in [-0.2, 0) is 16.1 Å². The van der Waals surface area contributed by atoms with Crippen molar-refractivity contribution in [2.24, 2.45) is 5.73 Å². The van der Waals surface area contributed by atoms with Crippen molar-refractivity contribution in [1.29, 1.82) is 0 Å². The van der Waals surface area contributed by atoms with Gasteiger partial charge in [0.15, 0.2) is 0 Å². The number of methoxy groups -OCH3 is 1.